The third-order valence-electron chi connectivity index (χ3n) is 3.44. The van der Waals surface area contributed by atoms with Crippen molar-refractivity contribution in [3.8, 4) is 0 Å². The first-order valence-electron chi connectivity index (χ1n) is 6.45. The van der Waals surface area contributed by atoms with Gasteiger partial charge in [0.15, 0.2) is 0 Å². The largest absolute Gasteiger partial charge is 0.311 e. The maximum atomic E-state index is 4.51. The van der Waals surface area contributed by atoms with Crippen LogP contribution < -0.4 is 5.32 Å². The van der Waals surface area contributed by atoms with E-state index in [4.69, 9.17) is 0 Å². The van der Waals surface area contributed by atoms with Crippen LogP contribution in [-0.4, -0.2) is 17.1 Å². The average Bonchev–Trinajstić information content (AvgIpc) is 2.69. The number of halogens is 1. The quantitative estimate of drug-likeness (QED) is 0.919. The molecule has 2 rings (SSSR count). The van der Waals surface area contributed by atoms with E-state index in [0.717, 1.165) is 23.4 Å². The van der Waals surface area contributed by atoms with Gasteiger partial charge in [0.25, 0.3) is 0 Å². The molecule has 1 saturated heterocycles. The molecule has 2 heterocycles. The van der Waals surface area contributed by atoms with Gasteiger partial charge in [-0.3, -0.25) is 4.98 Å². The molecule has 3 heteroatoms. The Balaban J connectivity index is 2.09. The van der Waals surface area contributed by atoms with Crippen molar-refractivity contribution in [2.24, 2.45) is 5.92 Å². The fourth-order valence-corrected chi connectivity index (χ4v) is 3.14. The summed E-state index contributed by atoms with van der Waals surface area (Å²) in [6, 6.07) is 4.21. The first-order chi connectivity index (χ1) is 8.10. The molecule has 1 aromatic heterocycles. The number of pyridine rings is 1. The zero-order valence-electron chi connectivity index (χ0n) is 10.7. The van der Waals surface area contributed by atoms with Crippen molar-refractivity contribution in [2.75, 3.05) is 6.54 Å². The van der Waals surface area contributed by atoms with Crippen LogP contribution in [0.15, 0.2) is 22.8 Å². The Labute approximate surface area is 112 Å². The summed E-state index contributed by atoms with van der Waals surface area (Å²) in [7, 11) is 0. The lowest BCUT2D eigenvalue weighted by atomic mass is 9.83. The van der Waals surface area contributed by atoms with Gasteiger partial charge in [-0.05, 0) is 59.8 Å². The third-order valence-corrected chi connectivity index (χ3v) is 3.91. The second kappa shape index (κ2) is 5.49. The number of rotatable bonds is 4. The van der Waals surface area contributed by atoms with Crippen molar-refractivity contribution in [1.82, 2.24) is 10.3 Å². The van der Waals surface area contributed by atoms with E-state index in [1.807, 2.05) is 6.20 Å². The topological polar surface area (TPSA) is 24.9 Å². The SMILES string of the molecule is CC(C)CC1(Cc2ccc(Br)cn2)CCCN1. The van der Waals surface area contributed by atoms with E-state index in [9.17, 15) is 0 Å². The van der Waals surface area contributed by atoms with Gasteiger partial charge >= 0.3 is 0 Å². The first-order valence-corrected chi connectivity index (χ1v) is 7.24. The molecule has 0 amide bonds. The molecule has 94 valence electrons. The van der Waals surface area contributed by atoms with Crippen molar-refractivity contribution < 1.29 is 0 Å². The molecule has 1 aliphatic rings. The minimum Gasteiger partial charge on any atom is -0.311 e. The molecule has 1 unspecified atom stereocenters. The van der Waals surface area contributed by atoms with E-state index < -0.39 is 0 Å². The lowest BCUT2D eigenvalue weighted by Gasteiger charge is -2.31. The number of nitrogens with zero attached hydrogens (tertiary/aromatic N) is 1. The summed E-state index contributed by atoms with van der Waals surface area (Å²) in [5.74, 6) is 0.732. The predicted octanol–water partition coefficient (Wildman–Crippen LogP) is 3.55. The fourth-order valence-electron chi connectivity index (χ4n) is 2.91. The van der Waals surface area contributed by atoms with Crippen LogP contribution >= 0.6 is 15.9 Å². The highest BCUT2D eigenvalue weighted by Crippen LogP contribution is 2.30. The number of hydrogen-bond acceptors (Lipinski definition) is 2. The average molecular weight is 297 g/mol. The smallest absolute Gasteiger partial charge is 0.0422 e. The maximum absolute atomic E-state index is 4.51. The Morgan fingerprint density at radius 3 is 2.82 bits per heavy atom. The Bertz CT molecular complexity index is 353. The van der Waals surface area contributed by atoms with Crippen LogP contribution in [0.4, 0.5) is 0 Å². The predicted molar refractivity (Wildman–Crippen MR) is 75.1 cm³/mol. The van der Waals surface area contributed by atoms with Gasteiger partial charge in [-0.15, -0.1) is 0 Å². The van der Waals surface area contributed by atoms with Crippen LogP contribution in [0.3, 0.4) is 0 Å². The normalized spacial score (nSPS) is 24.5. The van der Waals surface area contributed by atoms with Gasteiger partial charge in [-0.1, -0.05) is 13.8 Å². The minimum atomic E-state index is 0.287. The molecule has 0 radical (unpaired) electrons. The molecule has 0 aromatic carbocycles. The fraction of sp³-hybridized carbons (Fsp3) is 0.643. The standard InChI is InChI=1S/C14H21BrN2/c1-11(2)8-14(6-3-7-17-14)9-13-5-4-12(15)10-16-13/h4-5,10-11,17H,3,6-9H2,1-2H3. The summed E-state index contributed by atoms with van der Waals surface area (Å²) in [6.07, 6.45) is 6.77. The zero-order chi connectivity index (χ0) is 12.3. The van der Waals surface area contributed by atoms with E-state index in [2.05, 4.69) is 52.2 Å². The Hall–Kier alpha value is -0.410. The molecule has 2 nitrogen and oxygen atoms in total. The van der Waals surface area contributed by atoms with E-state index >= 15 is 0 Å². The molecule has 0 saturated carbocycles. The highest BCUT2D eigenvalue weighted by atomic mass is 79.9. The summed E-state index contributed by atoms with van der Waals surface area (Å²) >= 11 is 3.43. The number of nitrogens with one attached hydrogen (secondary N) is 1. The lowest BCUT2D eigenvalue weighted by Crippen LogP contribution is -2.43. The van der Waals surface area contributed by atoms with Crippen molar-refractivity contribution >= 4 is 15.9 Å². The van der Waals surface area contributed by atoms with Crippen LogP contribution in [0.5, 0.6) is 0 Å². The van der Waals surface area contributed by atoms with Crippen LogP contribution in [0, 0.1) is 5.92 Å². The highest BCUT2D eigenvalue weighted by Gasteiger charge is 2.34. The van der Waals surface area contributed by atoms with Gasteiger partial charge in [-0.25, -0.2) is 0 Å². The molecule has 1 N–H and O–H groups in total. The molecule has 1 atom stereocenters. The Morgan fingerprint density at radius 1 is 1.47 bits per heavy atom. The Kier molecular flexibility index (Phi) is 4.21. The molecule has 0 bridgehead atoms. The summed E-state index contributed by atoms with van der Waals surface area (Å²) in [6.45, 7) is 5.76. The van der Waals surface area contributed by atoms with E-state index in [1.165, 1.54) is 25.0 Å². The molecular formula is C14H21BrN2. The van der Waals surface area contributed by atoms with Gasteiger partial charge in [0.05, 0.1) is 0 Å². The Morgan fingerprint density at radius 2 is 2.29 bits per heavy atom. The zero-order valence-corrected chi connectivity index (χ0v) is 12.3. The highest BCUT2D eigenvalue weighted by molar-refractivity contribution is 9.10. The van der Waals surface area contributed by atoms with E-state index in [-0.39, 0.29) is 5.54 Å². The van der Waals surface area contributed by atoms with Gasteiger partial charge < -0.3 is 5.32 Å². The second-order valence-electron chi connectivity index (χ2n) is 5.55. The van der Waals surface area contributed by atoms with Crippen molar-refractivity contribution in [2.45, 2.75) is 45.1 Å². The third kappa shape index (κ3) is 3.52. The van der Waals surface area contributed by atoms with E-state index in [1.54, 1.807) is 0 Å². The maximum Gasteiger partial charge on any atom is 0.0422 e. The number of hydrogen-bond donors (Lipinski definition) is 1. The van der Waals surface area contributed by atoms with Gasteiger partial charge in [0, 0.05) is 28.3 Å². The van der Waals surface area contributed by atoms with Crippen LogP contribution in [0.2, 0.25) is 0 Å². The summed E-state index contributed by atoms with van der Waals surface area (Å²) in [4.78, 5) is 4.51. The summed E-state index contributed by atoms with van der Waals surface area (Å²) in [5, 5.41) is 3.71. The van der Waals surface area contributed by atoms with Crippen LogP contribution in [0.25, 0.3) is 0 Å². The van der Waals surface area contributed by atoms with E-state index in [0.29, 0.717) is 0 Å². The molecule has 0 aliphatic carbocycles. The number of aromatic nitrogens is 1. The summed E-state index contributed by atoms with van der Waals surface area (Å²) < 4.78 is 1.05. The summed E-state index contributed by atoms with van der Waals surface area (Å²) in [5.41, 5.74) is 1.48. The molecule has 1 aliphatic heterocycles. The van der Waals surface area contributed by atoms with Crippen LogP contribution in [0.1, 0.15) is 38.8 Å². The first kappa shape index (κ1) is 13.0. The van der Waals surface area contributed by atoms with Crippen molar-refractivity contribution in [3.05, 3.63) is 28.5 Å². The monoisotopic (exact) mass is 296 g/mol. The van der Waals surface area contributed by atoms with Crippen molar-refractivity contribution in [3.63, 3.8) is 0 Å². The molecule has 0 spiro atoms. The molecular weight excluding hydrogens is 276 g/mol. The minimum absolute atomic E-state index is 0.287. The van der Waals surface area contributed by atoms with Crippen molar-refractivity contribution in [1.29, 1.82) is 0 Å². The second-order valence-corrected chi connectivity index (χ2v) is 6.47. The van der Waals surface area contributed by atoms with Gasteiger partial charge in [0.2, 0.25) is 0 Å². The molecule has 1 aromatic rings. The molecule has 1 fully saturated rings. The van der Waals surface area contributed by atoms with Gasteiger partial charge in [-0.2, -0.15) is 0 Å². The lowest BCUT2D eigenvalue weighted by molar-refractivity contribution is 0.299. The molecule has 17 heavy (non-hydrogen) atoms. The van der Waals surface area contributed by atoms with Crippen LogP contribution in [-0.2, 0) is 6.42 Å². The van der Waals surface area contributed by atoms with Gasteiger partial charge in [0.1, 0.15) is 0 Å².